The van der Waals surface area contributed by atoms with Crippen LogP contribution >= 0.6 is 11.8 Å². The van der Waals surface area contributed by atoms with E-state index in [9.17, 15) is 19.2 Å². The van der Waals surface area contributed by atoms with Gasteiger partial charge in [-0.25, -0.2) is 14.8 Å². The third-order valence-corrected chi connectivity index (χ3v) is 6.31. The first-order chi connectivity index (χ1) is 16.7. The van der Waals surface area contributed by atoms with Crippen LogP contribution in [0.4, 0.5) is 5.69 Å². The number of fused-ring (bicyclic) bond motifs is 1. The molecule has 35 heavy (non-hydrogen) atoms. The van der Waals surface area contributed by atoms with E-state index in [0.717, 1.165) is 27.5 Å². The van der Waals surface area contributed by atoms with Crippen molar-refractivity contribution < 1.29 is 9.59 Å². The molecule has 0 bridgehead atoms. The summed E-state index contributed by atoms with van der Waals surface area (Å²) in [5.41, 5.74) is 6.92. The molecule has 10 nitrogen and oxygen atoms in total. The molecule has 3 N–H and O–H groups in total. The number of rotatable bonds is 6. The minimum absolute atomic E-state index is 0.0526. The van der Waals surface area contributed by atoms with E-state index in [1.807, 2.05) is 31.2 Å². The summed E-state index contributed by atoms with van der Waals surface area (Å²) in [6.07, 6.45) is 0. The van der Waals surface area contributed by atoms with Gasteiger partial charge in [-0.1, -0.05) is 35.5 Å². The normalized spacial score (nSPS) is 10.9. The number of amides is 2. The summed E-state index contributed by atoms with van der Waals surface area (Å²) in [6, 6.07) is 13.7. The van der Waals surface area contributed by atoms with Crippen LogP contribution in [0.15, 0.2) is 63.1 Å². The number of nitrogens with one attached hydrogen (secondary N) is 1. The van der Waals surface area contributed by atoms with E-state index in [-0.39, 0.29) is 22.7 Å². The predicted octanol–water partition coefficient (Wildman–Crippen LogP) is 1.83. The summed E-state index contributed by atoms with van der Waals surface area (Å²) in [6.45, 7) is 1.94. The number of hydrogen-bond donors (Lipinski definition) is 2. The van der Waals surface area contributed by atoms with Gasteiger partial charge in [-0.15, -0.1) is 0 Å². The Kier molecular flexibility index (Phi) is 6.52. The van der Waals surface area contributed by atoms with Crippen LogP contribution in [0.2, 0.25) is 0 Å². The maximum absolute atomic E-state index is 13.0. The number of nitrogens with zero attached hydrogens (tertiary/aromatic N) is 4. The van der Waals surface area contributed by atoms with Crippen LogP contribution in [0.3, 0.4) is 0 Å². The Labute approximate surface area is 203 Å². The monoisotopic (exact) mass is 490 g/mol. The Hall–Kier alpha value is -4.25. The summed E-state index contributed by atoms with van der Waals surface area (Å²) >= 11 is 1.07. The van der Waals surface area contributed by atoms with Crippen LogP contribution < -0.4 is 22.3 Å². The number of benzene rings is 2. The van der Waals surface area contributed by atoms with Gasteiger partial charge in [-0.05, 0) is 37.3 Å². The van der Waals surface area contributed by atoms with Crippen molar-refractivity contribution in [3.63, 3.8) is 0 Å². The first-order valence-corrected chi connectivity index (χ1v) is 11.5. The molecule has 0 atom stereocenters. The van der Waals surface area contributed by atoms with Crippen molar-refractivity contribution in [3.8, 4) is 11.4 Å². The van der Waals surface area contributed by atoms with Crippen LogP contribution in [0.1, 0.15) is 15.9 Å². The Morgan fingerprint density at radius 3 is 2.40 bits per heavy atom. The number of carbonyl (C=O) groups is 2. The first kappa shape index (κ1) is 23.9. The van der Waals surface area contributed by atoms with Crippen LogP contribution in [0.5, 0.6) is 0 Å². The molecular weight excluding hydrogens is 468 g/mol. The smallest absolute Gasteiger partial charge is 0.332 e. The second kappa shape index (κ2) is 9.55. The number of aromatic nitrogens is 4. The van der Waals surface area contributed by atoms with Crippen LogP contribution in [-0.4, -0.2) is 36.7 Å². The number of anilines is 1. The lowest BCUT2D eigenvalue weighted by Crippen LogP contribution is -2.37. The van der Waals surface area contributed by atoms with Crippen molar-refractivity contribution in [1.29, 1.82) is 0 Å². The molecule has 178 valence electrons. The predicted molar refractivity (Wildman–Crippen MR) is 135 cm³/mol. The molecule has 2 aromatic carbocycles. The molecule has 0 aliphatic rings. The van der Waals surface area contributed by atoms with Gasteiger partial charge in [-0.2, -0.15) is 0 Å². The fourth-order valence-corrected chi connectivity index (χ4v) is 4.31. The second-order valence-corrected chi connectivity index (χ2v) is 8.87. The third kappa shape index (κ3) is 4.85. The molecular formula is C24H22N6O4S. The second-order valence-electron chi connectivity index (χ2n) is 7.90. The molecule has 4 rings (SSSR count). The number of nitrogens with two attached hydrogens (primary N) is 1. The lowest BCUT2D eigenvalue weighted by Gasteiger charge is -2.12. The van der Waals surface area contributed by atoms with Gasteiger partial charge >= 0.3 is 5.69 Å². The van der Waals surface area contributed by atoms with Crippen LogP contribution in [0, 0.1) is 6.92 Å². The maximum Gasteiger partial charge on any atom is 0.332 e. The molecule has 2 aromatic heterocycles. The van der Waals surface area contributed by atoms with Crippen molar-refractivity contribution in [2.75, 3.05) is 11.1 Å². The molecule has 4 aromatic rings. The fourth-order valence-electron chi connectivity index (χ4n) is 3.50. The molecule has 2 amide bonds. The minimum atomic E-state index is -0.561. The quantitative estimate of drug-likeness (QED) is 0.310. The van der Waals surface area contributed by atoms with Crippen molar-refractivity contribution >= 4 is 40.3 Å². The van der Waals surface area contributed by atoms with Gasteiger partial charge in [0.05, 0.1) is 5.75 Å². The Balaban J connectivity index is 1.71. The molecule has 0 aliphatic carbocycles. The lowest BCUT2D eigenvalue weighted by atomic mass is 10.1. The molecule has 0 saturated carbocycles. The maximum atomic E-state index is 13.0. The number of thioether (sulfide) groups is 1. The molecule has 2 heterocycles. The van der Waals surface area contributed by atoms with E-state index in [4.69, 9.17) is 5.73 Å². The van der Waals surface area contributed by atoms with Crippen LogP contribution in [0.25, 0.3) is 22.4 Å². The van der Waals surface area contributed by atoms with Gasteiger partial charge < -0.3 is 11.1 Å². The zero-order valence-electron chi connectivity index (χ0n) is 19.2. The average molecular weight is 491 g/mol. The zero-order chi connectivity index (χ0) is 25.3. The Morgan fingerprint density at radius 2 is 1.74 bits per heavy atom. The molecule has 0 spiro atoms. The van der Waals surface area contributed by atoms with Gasteiger partial charge in [0, 0.05) is 30.9 Å². The van der Waals surface area contributed by atoms with E-state index in [2.05, 4.69) is 15.3 Å². The molecule has 0 radical (unpaired) electrons. The van der Waals surface area contributed by atoms with E-state index in [1.165, 1.54) is 30.8 Å². The molecule has 0 unspecified atom stereocenters. The Bertz CT molecular complexity index is 1590. The van der Waals surface area contributed by atoms with E-state index < -0.39 is 17.2 Å². The highest BCUT2D eigenvalue weighted by atomic mass is 32.2. The minimum Gasteiger partial charge on any atom is -0.366 e. The molecule has 0 fully saturated rings. The standard InChI is InChI=1S/C24H22N6O4S/c1-13-5-4-6-15(11-13)20-27-21-18(23(33)30(3)24(34)29(21)2)22(28-20)35-12-17(31)26-16-9-7-14(8-10-16)19(25)32/h4-11H,12H2,1-3H3,(H2,25,32)(H,26,31). The Morgan fingerprint density at radius 1 is 1.03 bits per heavy atom. The van der Waals surface area contributed by atoms with Gasteiger partial charge in [0.2, 0.25) is 11.8 Å². The van der Waals surface area contributed by atoms with E-state index >= 15 is 0 Å². The van der Waals surface area contributed by atoms with Gasteiger partial charge in [-0.3, -0.25) is 23.5 Å². The number of primary amides is 1. The van der Waals surface area contributed by atoms with Gasteiger partial charge in [0.15, 0.2) is 11.5 Å². The van der Waals surface area contributed by atoms with Crippen molar-refractivity contribution in [1.82, 2.24) is 19.1 Å². The third-order valence-electron chi connectivity index (χ3n) is 5.34. The summed E-state index contributed by atoms with van der Waals surface area (Å²) in [7, 11) is 2.92. The highest BCUT2D eigenvalue weighted by Crippen LogP contribution is 2.26. The van der Waals surface area contributed by atoms with Crippen molar-refractivity contribution in [3.05, 3.63) is 80.5 Å². The van der Waals surface area contributed by atoms with Crippen molar-refractivity contribution in [2.45, 2.75) is 11.9 Å². The highest BCUT2D eigenvalue weighted by Gasteiger charge is 2.19. The summed E-state index contributed by atoms with van der Waals surface area (Å²) in [5.74, 6) is -0.612. The lowest BCUT2D eigenvalue weighted by molar-refractivity contribution is -0.113. The van der Waals surface area contributed by atoms with Crippen molar-refractivity contribution in [2.24, 2.45) is 19.8 Å². The zero-order valence-corrected chi connectivity index (χ0v) is 20.0. The topological polar surface area (TPSA) is 142 Å². The highest BCUT2D eigenvalue weighted by molar-refractivity contribution is 8.00. The summed E-state index contributed by atoms with van der Waals surface area (Å²) < 4.78 is 2.28. The molecule has 0 aliphatic heterocycles. The SMILES string of the molecule is Cc1cccc(-c2nc(SCC(=O)Nc3ccc(C(N)=O)cc3)c3c(=O)n(C)c(=O)n(C)c3n2)c1. The number of hydrogen-bond acceptors (Lipinski definition) is 7. The molecule has 11 heteroatoms. The molecule has 0 saturated heterocycles. The van der Waals surface area contributed by atoms with E-state index in [1.54, 1.807) is 12.1 Å². The summed E-state index contributed by atoms with van der Waals surface area (Å²) in [5, 5.41) is 3.19. The van der Waals surface area contributed by atoms with Gasteiger partial charge in [0.25, 0.3) is 5.56 Å². The fraction of sp³-hybridized carbons (Fsp3) is 0.167. The number of aryl methyl sites for hydroxylation is 2. The number of carbonyl (C=O) groups excluding carboxylic acids is 2. The first-order valence-electron chi connectivity index (χ1n) is 10.5. The van der Waals surface area contributed by atoms with E-state index in [0.29, 0.717) is 22.1 Å². The summed E-state index contributed by atoms with van der Waals surface area (Å²) in [4.78, 5) is 58.4. The average Bonchev–Trinajstić information content (AvgIpc) is 2.84. The van der Waals surface area contributed by atoms with Gasteiger partial charge in [0.1, 0.15) is 10.4 Å². The largest absolute Gasteiger partial charge is 0.366 e. The van der Waals surface area contributed by atoms with Crippen LogP contribution in [-0.2, 0) is 18.9 Å².